The molecule has 0 saturated carbocycles. The molecule has 0 spiro atoms. The molecule has 31 heavy (non-hydrogen) atoms. The molecular formula is C23H26N4O3S. The summed E-state index contributed by atoms with van der Waals surface area (Å²) in [5.41, 5.74) is 4.57. The van der Waals surface area contributed by atoms with Crippen LogP contribution in [-0.4, -0.2) is 53.9 Å². The first-order chi connectivity index (χ1) is 15.0. The lowest BCUT2D eigenvalue weighted by atomic mass is 10.1. The van der Waals surface area contributed by atoms with E-state index in [2.05, 4.69) is 15.0 Å². The summed E-state index contributed by atoms with van der Waals surface area (Å²) in [6.07, 6.45) is 3.13. The monoisotopic (exact) mass is 438 g/mol. The molecule has 0 N–H and O–H groups in total. The molecule has 1 aromatic heterocycles. The Balaban J connectivity index is 1.21. The number of fused-ring (bicyclic) bond motifs is 1. The van der Waals surface area contributed by atoms with Crippen LogP contribution in [0.2, 0.25) is 0 Å². The summed E-state index contributed by atoms with van der Waals surface area (Å²) in [7, 11) is -3.46. The smallest absolute Gasteiger partial charge is 0.243 e. The van der Waals surface area contributed by atoms with Gasteiger partial charge in [-0.1, -0.05) is 41.1 Å². The van der Waals surface area contributed by atoms with E-state index in [1.807, 2.05) is 43.3 Å². The normalized spacial score (nSPS) is 17.7. The summed E-state index contributed by atoms with van der Waals surface area (Å²) in [5, 5.41) is 4.08. The van der Waals surface area contributed by atoms with E-state index in [-0.39, 0.29) is 0 Å². The minimum atomic E-state index is -3.46. The molecule has 0 bridgehead atoms. The molecule has 0 atom stereocenters. The van der Waals surface area contributed by atoms with Crippen LogP contribution < -0.4 is 0 Å². The van der Waals surface area contributed by atoms with Crippen molar-refractivity contribution in [1.82, 2.24) is 19.3 Å². The van der Waals surface area contributed by atoms with Crippen molar-refractivity contribution in [1.29, 1.82) is 0 Å². The molecule has 162 valence electrons. The summed E-state index contributed by atoms with van der Waals surface area (Å²) < 4.78 is 33.2. The van der Waals surface area contributed by atoms with Gasteiger partial charge in [-0.25, -0.2) is 8.42 Å². The van der Waals surface area contributed by atoms with Gasteiger partial charge in [0.05, 0.1) is 11.4 Å². The average Bonchev–Trinajstić information content (AvgIpc) is 3.43. The maximum atomic E-state index is 13.1. The number of aryl methyl sites for hydroxylation is 3. The van der Waals surface area contributed by atoms with Crippen molar-refractivity contribution in [2.75, 3.05) is 26.2 Å². The maximum absolute atomic E-state index is 13.1. The number of sulfonamides is 1. The van der Waals surface area contributed by atoms with Crippen LogP contribution in [-0.2, 0) is 29.4 Å². The van der Waals surface area contributed by atoms with Gasteiger partial charge in [0.2, 0.25) is 21.7 Å². The van der Waals surface area contributed by atoms with Gasteiger partial charge in [0.15, 0.2) is 0 Å². The average molecular weight is 439 g/mol. The highest BCUT2D eigenvalue weighted by atomic mass is 32.2. The summed E-state index contributed by atoms with van der Waals surface area (Å²) >= 11 is 0. The van der Waals surface area contributed by atoms with Gasteiger partial charge in [-0.05, 0) is 49.4 Å². The van der Waals surface area contributed by atoms with E-state index in [0.29, 0.717) is 49.3 Å². The fourth-order valence-corrected chi connectivity index (χ4v) is 5.79. The van der Waals surface area contributed by atoms with Gasteiger partial charge >= 0.3 is 0 Å². The Hall–Kier alpha value is -2.55. The van der Waals surface area contributed by atoms with Crippen molar-refractivity contribution in [3.05, 3.63) is 65.0 Å². The molecule has 3 aromatic rings. The molecule has 1 saturated heterocycles. The molecule has 2 heterocycles. The Morgan fingerprint density at radius 1 is 0.968 bits per heavy atom. The first-order valence-corrected chi connectivity index (χ1v) is 12.2. The van der Waals surface area contributed by atoms with Crippen LogP contribution in [0.15, 0.2) is 51.9 Å². The Morgan fingerprint density at radius 2 is 1.71 bits per heavy atom. The second-order valence-electron chi connectivity index (χ2n) is 8.34. The lowest BCUT2D eigenvalue weighted by molar-refractivity contribution is 0.163. The Labute approximate surface area is 182 Å². The van der Waals surface area contributed by atoms with Crippen LogP contribution in [0.5, 0.6) is 0 Å². The highest BCUT2D eigenvalue weighted by Crippen LogP contribution is 2.27. The van der Waals surface area contributed by atoms with E-state index < -0.39 is 10.0 Å². The van der Waals surface area contributed by atoms with Crippen LogP contribution in [0.3, 0.4) is 0 Å². The number of nitrogens with zero attached hydrogens (tertiary/aromatic N) is 4. The second-order valence-corrected chi connectivity index (χ2v) is 10.3. The third kappa shape index (κ3) is 4.15. The number of rotatable bonds is 5. The Kier molecular flexibility index (Phi) is 5.37. The zero-order valence-corrected chi connectivity index (χ0v) is 18.4. The summed E-state index contributed by atoms with van der Waals surface area (Å²) in [6.45, 7) is 4.73. The van der Waals surface area contributed by atoms with Gasteiger partial charge in [-0.3, -0.25) is 4.90 Å². The Morgan fingerprint density at radius 3 is 2.48 bits per heavy atom. The lowest BCUT2D eigenvalue weighted by Gasteiger charge is -2.33. The van der Waals surface area contributed by atoms with Crippen molar-refractivity contribution in [2.45, 2.75) is 37.6 Å². The van der Waals surface area contributed by atoms with E-state index in [4.69, 9.17) is 4.52 Å². The summed E-state index contributed by atoms with van der Waals surface area (Å²) in [4.78, 5) is 7.07. The maximum Gasteiger partial charge on any atom is 0.243 e. The van der Waals surface area contributed by atoms with E-state index in [9.17, 15) is 8.42 Å². The first-order valence-electron chi connectivity index (χ1n) is 10.7. The fourth-order valence-electron chi connectivity index (χ4n) is 4.32. The second kappa shape index (κ2) is 8.18. The number of aromatic nitrogens is 2. The molecule has 1 aliphatic heterocycles. The van der Waals surface area contributed by atoms with Crippen LogP contribution in [0.4, 0.5) is 0 Å². The molecular weight excluding hydrogens is 412 g/mol. The number of benzene rings is 2. The predicted molar refractivity (Wildman–Crippen MR) is 117 cm³/mol. The fraction of sp³-hybridized carbons (Fsp3) is 0.391. The molecule has 0 radical (unpaired) electrons. The molecule has 0 amide bonds. The molecule has 1 fully saturated rings. The predicted octanol–water partition coefficient (Wildman–Crippen LogP) is 3.04. The molecule has 8 heteroatoms. The van der Waals surface area contributed by atoms with Crippen LogP contribution in [0, 0.1) is 6.92 Å². The largest absolute Gasteiger partial charge is 0.338 e. The van der Waals surface area contributed by atoms with Gasteiger partial charge in [0.25, 0.3) is 0 Å². The van der Waals surface area contributed by atoms with Crippen LogP contribution in [0.1, 0.15) is 29.0 Å². The van der Waals surface area contributed by atoms with Gasteiger partial charge < -0.3 is 4.52 Å². The van der Waals surface area contributed by atoms with E-state index in [1.165, 1.54) is 16.7 Å². The minimum absolute atomic E-state index is 0.418. The van der Waals surface area contributed by atoms with Crippen molar-refractivity contribution in [3.63, 3.8) is 0 Å². The molecule has 2 aliphatic rings. The number of hydrogen-bond donors (Lipinski definition) is 0. The van der Waals surface area contributed by atoms with Crippen molar-refractivity contribution in [3.8, 4) is 11.4 Å². The lowest BCUT2D eigenvalue weighted by Crippen LogP contribution is -2.48. The topological polar surface area (TPSA) is 79.5 Å². The summed E-state index contributed by atoms with van der Waals surface area (Å²) in [6, 6.07) is 13.6. The van der Waals surface area contributed by atoms with E-state index >= 15 is 0 Å². The zero-order valence-electron chi connectivity index (χ0n) is 17.6. The number of piperazine rings is 1. The standard InChI is InChI=1S/C23H26N4O3S/c1-17-5-7-19(8-6-17)23-24-22(30-25-23)16-26-11-13-27(14-12-26)31(28,29)21-10-9-18-3-2-4-20(18)15-21/h5-10,15H,2-4,11-14,16H2,1H3. The quantitative estimate of drug-likeness (QED) is 0.609. The van der Waals surface area contributed by atoms with Crippen molar-refractivity contribution >= 4 is 10.0 Å². The summed E-state index contributed by atoms with van der Waals surface area (Å²) in [5.74, 6) is 1.12. The molecule has 2 aromatic carbocycles. The highest BCUT2D eigenvalue weighted by molar-refractivity contribution is 7.89. The van der Waals surface area contributed by atoms with Gasteiger partial charge in [-0.2, -0.15) is 9.29 Å². The third-order valence-corrected chi connectivity index (χ3v) is 8.07. The SMILES string of the molecule is Cc1ccc(-c2noc(CN3CCN(S(=O)(=O)c4ccc5c(c4)CCC5)CC3)n2)cc1. The van der Waals surface area contributed by atoms with Gasteiger partial charge in [0, 0.05) is 31.7 Å². The van der Waals surface area contributed by atoms with Crippen LogP contribution >= 0.6 is 0 Å². The van der Waals surface area contributed by atoms with Crippen LogP contribution in [0.25, 0.3) is 11.4 Å². The van der Waals surface area contributed by atoms with Crippen molar-refractivity contribution < 1.29 is 12.9 Å². The number of hydrogen-bond acceptors (Lipinski definition) is 6. The first kappa shape index (κ1) is 20.4. The molecule has 7 nitrogen and oxygen atoms in total. The Bertz CT molecular complexity index is 1180. The zero-order chi connectivity index (χ0) is 21.4. The van der Waals surface area contributed by atoms with E-state index in [1.54, 1.807) is 10.4 Å². The molecule has 5 rings (SSSR count). The van der Waals surface area contributed by atoms with Crippen molar-refractivity contribution in [2.24, 2.45) is 0 Å². The molecule has 0 unspecified atom stereocenters. The van der Waals surface area contributed by atoms with Gasteiger partial charge in [0.1, 0.15) is 0 Å². The highest BCUT2D eigenvalue weighted by Gasteiger charge is 2.30. The molecule has 1 aliphatic carbocycles. The van der Waals surface area contributed by atoms with E-state index in [0.717, 1.165) is 24.8 Å². The minimum Gasteiger partial charge on any atom is -0.338 e. The van der Waals surface area contributed by atoms with Gasteiger partial charge in [-0.15, -0.1) is 0 Å². The third-order valence-electron chi connectivity index (χ3n) is 6.18.